The van der Waals surface area contributed by atoms with Gasteiger partial charge in [0.1, 0.15) is 22.5 Å². The van der Waals surface area contributed by atoms with Gasteiger partial charge in [0.15, 0.2) is 11.2 Å². The number of nitrogens with zero attached hydrogens (tertiary/aromatic N) is 2. The van der Waals surface area contributed by atoms with Crippen molar-refractivity contribution in [3.63, 3.8) is 0 Å². The van der Waals surface area contributed by atoms with Crippen LogP contribution in [0.5, 0.6) is 11.5 Å². The van der Waals surface area contributed by atoms with E-state index in [0.717, 1.165) is 33.3 Å². The number of hydrogen-bond acceptors (Lipinski definition) is 6. The number of phenols is 2. The molecule has 2 N–H and O–H groups in total. The molecule has 0 saturated carbocycles. The zero-order valence-corrected chi connectivity index (χ0v) is 19.2. The fourth-order valence-electron chi connectivity index (χ4n) is 4.25. The molecule has 2 aromatic heterocycles. The van der Waals surface area contributed by atoms with Gasteiger partial charge in [-0.1, -0.05) is 26.0 Å². The smallest absolute Gasteiger partial charge is 0.227 e. The molecule has 0 fully saturated rings. The van der Waals surface area contributed by atoms with E-state index in [0.29, 0.717) is 22.9 Å². The van der Waals surface area contributed by atoms with E-state index in [-0.39, 0.29) is 16.9 Å². The molecule has 6 nitrogen and oxygen atoms in total. The highest BCUT2D eigenvalue weighted by Crippen LogP contribution is 2.36. The maximum Gasteiger partial charge on any atom is 0.227 e. The van der Waals surface area contributed by atoms with Gasteiger partial charge in [0.05, 0.1) is 0 Å². The van der Waals surface area contributed by atoms with Crippen LogP contribution in [0.4, 0.5) is 0 Å². The van der Waals surface area contributed by atoms with Crippen LogP contribution in [0.1, 0.15) is 25.0 Å². The first-order valence-corrected chi connectivity index (χ1v) is 11.3. The zero-order valence-electron chi connectivity index (χ0n) is 19.2. The third-order valence-corrected chi connectivity index (χ3v) is 6.45. The predicted molar refractivity (Wildman–Crippen MR) is 134 cm³/mol. The topological polar surface area (TPSA) is 92.5 Å². The number of rotatable bonds is 4. The van der Waals surface area contributed by atoms with Crippen LogP contribution >= 0.6 is 0 Å². The summed E-state index contributed by atoms with van der Waals surface area (Å²) in [7, 11) is 0. The Morgan fingerprint density at radius 2 is 0.971 bits per heavy atom. The van der Waals surface area contributed by atoms with E-state index in [4.69, 9.17) is 8.83 Å². The van der Waals surface area contributed by atoms with E-state index in [9.17, 15) is 10.2 Å². The number of benzene rings is 4. The largest absolute Gasteiger partial charge is 0.508 e. The number of fused-ring (bicyclic) bond motifs is 2. The Kier molecular flexibility index (Phi) is 4.64. The molecular weight excluding hydrogens is 440 g/mol. The minimum Gasteiger partial charge on any atom is -0.508 e. The van der Waals surface area contributed by atoms with Crippen molar-refractivity contribution in [2.75, 3.05) is 0 Å². The van der Waals surface area contributed by atoms with Crippen molar-refractivity contribution in [3.05, 3.63) is 96.1 Å². The molecule has 6 heteroatoms. The first-order chi connectivity index (χ1) is 16.9. The number of oxazole rings is 2. The van der Waals surface area contributed by atoms with Crippen molar-refractivity contribution < 1.29 is 19.0 Å². The third-order valence-electron chi connectivity index (χ3n) is 6.45. The van der Waals surface area contributed by atoms with Crippen LogP contribution < -0.4 is 0 Å². The quantitative estimate of drug-likeness (QED) is 0.292. The molecule has 2 heterocycles. The molecule has 172 valence electrons. The summed E-state index contributed by atoms with van der Waals surface area (Å²) in [5.41, 5.74) is 6.44. The summed E-state index contributed by atoms with van der Waals surface area (Å²) in [5.74, 6) is 1.43. The molecule has 4 aromatic carbocycles. The van der Waals surface area contributed by atoms with E-state index in [1.54, 1.807) is 48.5 Å². The minimum atomic E-state index is -0.322. The Bertz CT molecular complexity index is 1550. The lowest BCUT2D eigenvalue weighted by Crippen LogP contribution is -2.18. The average Bonchev–Trinajstić information content (AvgIpc) is 3.48. The fraction of sp³-hybridized carbons (Fsp3) is 0.103. The Balaban J connectivity index is 1.36. The summed E-state index contributed by atoms with van der Waals surface area (Å²) in [5, 5.41) is 19.1. The standard InChI is InChI=1S/C29H22N2O4/c1-29(2,19-7-13-25-23(15-19)30-27(34-25)17-3-9-21(32)10-4-17)20-8-14-26-24(16-20)31-28(35-26)18-5-11-22(33)12-6-18/h3-16,32-33H,1-2H3. The molecule has 6 rings (SSSR count). The Labute approximate surface area is 201 Å². The van der Waals surface area contributed by atoms with Crippen molar-refractivity contribution in [1.29, 1.82) is 0 Å². The summed E-state index contributed by atoms with van der Waals surface area (Å²) >= 11 is 0. The van der Waals surface area contributed by atoms with Gasteiger partial charge in [0.2, 0.25) is 11.8 Å². The van der Waals surface area contributed by atoms with Crippen LogP contribution in [0.3, 0.4) is 0 Å². The van der Waals surface area contributed by atoms with Crippen molar-refractivity contribution in [2.45, 2.75) is 19.3 Å². The molecule has 6 aromatic rings. The number of phenolic OH excluding ortho intramolecular Hbond substituents is 2. The monoisotopic (exact) mass is 462 g/mol. The van der Waals surface area contributed by atoms with Crippen molar-refractivity contribution in [2.24, 2.45) is 0 Å². The van der Waals surface area contributed by atoms with Crippen LogP contribution in [-0.4, -0.2) is 20.2 Å². The maximum absolute atomic E-state index is 9.54. The molecule has 0 amide bonds. The second kappa shape index (κ2) is 7.74. The fourth-order valence-corrected chi connectivity index (χ4v) is 4.25. The number of hydrogen-bond donors (Lipinski definition) is 2. The van der Waals surface area contributed by atoms with Gasteiger partial charge in [0, 0.05) is 16.5 Å². The summed E-state index contributed by atoms with van der Waals surface area (Å²) in [6.07, 6.45) is 0. The molecule has 0 radical (unpaired) electrons. The van der Waals surface area contributed by atoms with Crippen LogP contribution in [0.15, 0.2) is 93.8 Å². The van der Waals surface area contributed by atoms with Gasteiger partial charge in [-0.15, -0.1) is 0 Å². The first-order valence-electron chi connectivity index (χ1n) is 11.3. The molecule has 0 saturated heterocycles. The van der Waals surface area contributed by atoms with E-state index >= 15 is 0 Å². The summed E-state index contributed by atoms with van der Waals surface area (Å²) < 4.78 is 11.9. The molecule has 0 aliphatic rings. The van der Waals surface area contributed by atoms with Crippen LogP contribution in [-0.2, 0) is 5.41 Å². The van der Waals surface area contributed by atoms with Crippen LogP contribution in [0.2, 0.25) is 0 Å². The molecule has 0 atom stereocenters. The Morgan fingerprint density at radius 3 is 1.37 bits per heavy atom. The first kappa shape index (κ1) is 21.0. The molecule has 0 spiro atoms. The van der Waals surface area contributed by atoms with Crippen molar-refractivity contribution in [3.8, 4) is 34.4 Å². The summed E-state index contributed by atoms with van der Waals surface area (Å²) in [6.45, 7) is 4.33. The molecule has 35 heavy (non-hydrogen) atoms. The predicted octanol–water partition coefficient (Wildman–Crippen LogP) is 7.04. The molecule has 0 unspecified atom stereocenters. The van der Waals surface area contributed by atoms with Crippen molar-refractivity contribution >= 4 is 22.2 Å². The van der Waals surface area contributed by atoms with E-state index in [1.165, 1.54) is 0 Å². The second-order valence-electron chi connectivity index (χ2n) is 9.12. The molecule has 0 aliphatic heterocycles. The zero-order chi connectivity index (χ0) is 24.2. The normalized spacial score (nSPS) is 11.9. The van der Waals surface area contributed by atoms with E-state index in [1.807, 2.05) is 12.1 Å². The molecule has 0 bridgehead atoms. The van der Waals surface area contributed by atoms with Gasteiger partial charge < -0.3 is 19.0 Å². The van der Waals surface area contributed by atoms with Gasteiger partial charge in [-0.05, 0) is 83.9 Å². The minimum absolute atomic E-state index is 0.202. The Hall–Kier alpha value is -4.58. The molecular formula is C29H22N2O4. The van der Waals surface area contributed by atoms with Crippen LogP contribution in [0.25, 0.3) is 45.1 Å². The third kappa shape index (κ3) is 3.69. The van der Waals surface area contributed by atoms with Gasteiger partial charge in [-0.25, -0.2) is 9.97 Å². The molecule has 0 aliphatic carbocycles. The SMILES string of the molecule is CC(C)(c1ccc2oc(-c3ccc(O)cc3)nc2c1)c1ccc2oc(-c3ccc(O)cc3)nc2c1. The average molecular weight is 463 g/mol. The highest BCUT2D eigenvalue weighted by atomic mass is 16.4. The Morgan fingerprint density at radius 1 is 0.571 bits per heavy atom. The highest BCUT2D eigenvalue weighted by molar-refractivity contribution is 5.79. The lowest BCUT2D eigenvalue weighted by Gasteiger charge is -2.26. The van der Waals surface area contributed by atoms with Gasteiger partial charge in [0.25, 0.3) is 0 Å². The lowest BCUT2D eigenvalue weighted by molar-refractivity contribution is 0.474. The summed E-state index contributed by atoms with van der Waals surface area (Å²) in [4.78, 5) is 9.36. The van der Waals surface area contributed by atoms with E-state index < -0.39 is 0 Å². The van der Waals surface area contributed by atoms with Gasteiger partial charge in [-0.3, -0.25) is 0 Å². The highest BCUT2D eigenvalue weighted by Gasteiger charge is 2.25. The maximum atomic E-state index is 9.54. The van der Waals surface area contributed by atoms with Gasteiger partial charge in [-0.2, -0.15) is 0 Å². The van der Waals surface area contributed by atoms with E-state index in [2.05, 4.69) is 48.1 Å². The second-order valence-corrected chi connectivity index (χ2v) is 9.12. The van der Waals surface area contributed by atoms with Gasteiger partial charge >= 0.3 is 0 Å². The summed E-state index contributed by atoms with van der Waals surface area (Å²) in [6, 6.07) is 25.7. The number of aromatic nitrogens is 2. The van der Waals surface area contributed by atoms with Crippen LogP contribution in [0, 0.1) is 0 Å². The van der Waals surface area contributed by atoms with Crippen molar-refractivity contribution in [1.82, 2.24) is 9.97 Å². The number of aromatic hydroxyl groups is 2. The lowest BCUT2D eigenvalue weighted by atomic mass is 9.78.